The topological polar surface area (TPSA) is 52.0 Å². The smallest absolute Gasteiger partial charge is 0.140 e. The average Bonchev–Trinajstić information content (AvgIpc) is 2.73. The second-order valence-electron chi connectivity index (χ2n) is 3.68. The van der Waals surface area contributed by atoms with Crippen molar-refractivity contribution >= 4 is 0 Å². The van der Waals surface area contributed by atoms with Gasteiger partial charge in [0.15, 0.2) is 0 Å². The first-order chi connectivity index (χ1) is 5.75. The van der Waals surface area contributed by atoms with Crippen LogP contribution in [0.3, 0.4) is 0 Å². The van der Waals surface area contributed by atoms with Crippen molar-refractivity contribution in [2.75, 3.05) is 0 Å². The number of rotatable bonds is 3. The Morgan fingerprint density at radius 2 is 2.50 bits per heavy atom. The molecule has 2 N–H and O–H groups in total. The third-order valence-corrected chi connectivity index (χ3v) is 2.09. The van der Waals surface area contributed by atoms with Crippen LogP contribution in [0.5, 0.6) is 0 Å². The molecular weight excluding hydrogens is 152 g/mol. The van der Waals surface area contributed by atoms with Gasteiger partial charge in [-0.05, 0) is 19.8 Å². The standard InChI is InChI=1S/C9H14N2O/c1-6(10)4-8-5-9(12-11-8)7-2-3-7/h5-7H,2-4,10H2,1H3. The van der Waals surface area contributed by atoms with Crippen LogP contribution in [0, 0.1) is 0 Å². The van der Waals surface area contributed by atoms with Crippen molar-refractivity contribution in [2.45, 2.75) is 38.1 Å². The maximum Gasteiger partial charge on any atom is 0.140 e. The van der Waals surface area contributed by atoms with Crippen molar-refractivity contribution < 1.29 is 4.52 Å². The van der Waals surface area contributed by atoms with Gasteiger partial charge in [0.25, 0.3) is 0 Å². The molecule has 1 heterocycles. The molecule has 1 fully saturated rings. The molecule has 12 heavy (non-hydrogen) atoms. The Kier molecular flexibility index (Phi) is 1.89. The fraction of sp³-hybridized carbons (Fsp3) is 0.667. The lowest BCUT2D eigenvalue weighted by molar-refractivity contribution is 0.377. The Morgan fingerprint density at radius 1 is 1.75 bits per heavy atom. The molecule has 1 aliphatic rings. The minimum Gasteiger partial charge on any atom is -0.361 e. The van der Waals surface area contributed by atoms with Gasteiger partial charge in [-0.2, -0.15) is 0 Å². The molecule has 1 saturated carbocycles. The molecule has 0 saturated heterocycles. The van der Waals surface area contributed by atoms with Crippen molar-refractivity contribution in [1.82, 2.24) is 5.16 Å². The summed E-state index contributed by atoms with van der Waals surface area (Å²) in [5.74, 6) is 1.70. The molecule has 0 radical (unpaired) electrons. The molecule has 0 bridgehead atoms. The van der Waals surface area contributed by atoms with Gasteiger partial charge in [0.2, 0.25) is 0 Å². The van der Waals surface area contributed by atoms with E-state index in [1.165, 1.54) is 12.8 Å². The number of aromatic nitrogens is 1. The van der Waals surface area contributed by atoms with Crippen LogP contribution in [0.25, 0.3) is 0 Å². The largest absolute Gasteiger partial charge is 0.361 e. The van der Waals surface area contributed by atoms with Crippen LogP contribution in [0.15, 0.2) is 10.6 Å². The molecule has 1 unspecified atom stereocenters. The molecule has 1 aromatic rings. The van der Waals surface area contributed by atoms with E-state index in [0.29, 0.717) is 5.92 Å². The highest BCUT2D eigenvalue weighted by Crippen LogP contribution is 2.40. The molecule has 0 spiro atoms. The molecule has 2 rings (SSSR count). The van der Waals surface area contributed by atoms with E-state index in [9.17, 15) is 0 Å². The second kappa shape index (κ2) is 2.90. The Hall–Kier alpha value is -0.830. The van der Waals surface area contributed by atoms with Crippen LogP contribution in [0.2, 0.25) is 0 Å². The van der Waals surface area contributed by atoms with Gasteiger partial charge in [0, 0.05) is 24.4 Å². The van der Waals surface area contributed by atoms with Gasteiger partial charge in [-0.1, -0.05) is 5.16 Å². The molecule has 0 amide bonds. The fourth-order valence-electron chi connectivity index (χ4n) is 1.31. The molecule has 1 atom stereocenters. The first-order valence-corrected chi connectivity index (χ1v) is 4.47. The van der Waals surface area contributed by atoms with Gasteiger partial charge in [0.1, 0.15) is 5.76 Å². The summed E-state index contributed by atoms with van der Waals surface area (Å²) in [6.07, 6.45) is 3.33. The van der Waals surface area contributed by atoms with E-state index in [2.05, 4.69) is 5.16 Å². The zero-order valence-corrected chi connectivity index (χ0v) is 7.29. The minimum atomic E-state index is 0.169. The molecule has 1 aromatic heterocycles. The number of nitrogens with zero attached hydrogens (tertiary/aromatic N) is 1. The molecular formula is C9H14N2O. The zero-order chi connectivity index (χ0) is 8.55. The van der Waals surface area contributed by atoms with Crippen molar-refractivity contribution in [3.8, 4) is 0 Å². The fourth-order valence-corrected chi connectivity index (χ4v) is 1.31. The van der Waals surface area contributed by atoms with Gasteiger partial charge in [0.05, 0.1) is 5.69 Å². The molecule has 3 heteroatoms. The van der Waals surface area contributed by atoms with Crippen LogP contribution >= 0.6 is 0 Å². The van der Waals surface area contributed by atoms with E-state index in [1.807, 2.05) is 13.0 Å². The molecule has 0 aliphatic heterocycles. The number of nitrogens with two attached hydrogens (primary N) is 1. The van der Waals surface area contributed by atoms with E-state index >= 15 is 0 Å². The van der Waals surface area contributed by atoms with Crippen LogP contribution < -0.4 is 5.73 Å². The number of hydrogen-bond donors (Lipinski definition) is 1. The predicted molar refractivity (Wildman–Crippen MR) is 45.8 cm³/mol. The summed E-state index contributed by atoms with van der Waals surface area (Å²) >= 11 is 0. The molecule has 1 aliphatic carbocycles. The highest BCUT2D eigenvalue weighted by atomic mass is 16.5. The highest BCUT2D eigenvalue weighted by Gasteiger charge is 2.27. The third-order valence-electron chi connectivity index (χ3n) is 2.09. The minimum absolute atomic E-state index is 0.169. The quantitative estimate of drug-likeness (QED) is 0.739. The van der Waals surface area contributed by atoms with Crippen molar-refractivity contribution in [1.29, 1.82) is 0 Å². The first-order valence-electron chi connectivity index (χ1n) is 4.47. The number of hydrogen-bond acceptors (Lipinski definition) is 3. The third kappa shape index (κ3) is 1.67. The maximum absolute atomic E-state index is 5.64. The lowest BCUT2D eigenvalue weighted by Crippen LogP contribution is -2.17. The van der Waals surface area contributed by atoms with E-state index in [1.54, 1.807) is 0 Å². The van der Waals surface area contributed by atoms with Crippen molar-refractivity contribution in [2.24, 2.45) is 5.73 Å². The highest BCUT2D eigenvalue weighted by molar-refractivity contribution is 5.14. The SMILES string of the molecule is CC(N)Cc1cc(C2CC2)on1. The summed E-state index contributed by atoms with van der Waals surface area (Å²) in [7, 11) is 0. The molecule has 66 valence electrons. The van der Waals surface area contributed by atoms with Crippen LogP contribution in [-0.4, -0.2) is 11.2 Å². The molecule has 0 aromatic carbocycles. The molecule has 3 nitrogen and oxygen atoms in total. The summed E-state index contributed by atoms with van der Waals surface area (Å²) in [6.45, 7) is 1.98. The van der Waals surface area contributed by atoms with Crippen molar-refractivity contribution in [3.63, 3.8) is 0 Å². The van der Waals surface area contributed by atoms with E-state index in [-0.39, 0.29) is 6.04 Å². The van der Waals surface area contributed by atoms with E-state index in [4.69, 9.17) is 10.3 Å². The Balaban J connectivity index is 2.03. The van der Waals surface area contributed by atoms with Gasteiger partial charge < -0.3 is 10.3 Å². The van der Waals surface area contributed by atoms with Gasteiger partial charge in [-0.3, -0.25) is 0 Å². The summed E-state index contributed by atoms with van der Waals surface area (Å²) < 4.78 is 5.18. The summed E-state index contributed by atoms with van der Waals surface area (Å²) in [5.41, 5.74) is 6.64. The zero-order valence-electron chi connectivity index (χ0n) is 7.29. The normalized spacial score (nSPS) is 19.5. The Labute approximate surface area is 71.9 Å². The second-order valence-corrected chi connectivity index (χ2v) is 3.68. The lowest BCUT2D eigenvalue weighted by Gasteiger charge is -1.97. The van der Waals surface area contributed by atoms with Crippen molar-refractivity contribution in [3.05, 3.63) is 17.5 Å². The van der Waals surface area contributed by atoms with Gasteiger partial charge in [-0.25, -0.2) is 0 Å². The van der Waals surface area contributed by atoms with E-state index < -0.39 is 0 Å². The monoisotopic (exact) mass is 166 g/mol. The van der Waals surface area contributed by atoms with E-state index in [0.717, 1.165) is 17.9 Å². The maximum atomic E-state index is 5.64. The van der Waals surface area contributed by atoms with Gasteiger partial charge >= 0.3 is 0 Å². The van der Waals surface area contributed by atoms with Gasteiger partial charge in [-0.15, -0.1) is 0 Å². The first kappa shape index (κ1) is 7.80. The van der Waals surface area contributed by atoms with Crippen LogP contribution in [-0.2, 0) is 6.42 Å². The Bertz CT molecular complexity index is 263. The van der Waals surface area contributed by atoms with Crippen LogP contribution in [0.1, 0.15) is 37.1 Å². The van der Waals surface area contributed by atoms with Crippen LogP contribution in [0.4, 0.5) is 0 Å². The summed E-state index contributed by atoms with van der Waals surface area (Å²) in [4.78, 5) is 0. The average molecular weight is 166 g/mol. The predicted octanol–water partition coefficient (Wildman–Crippen LogP) is 1.44. The lowest BCUT2D eigenvalue weighted by atomic mass is 10.2. The summed E-state index contributed by atoms with van der Waals surface area (Å²) in [6, 6.07) is 2.21. The summed E-state index contributed by atoms with van der Waals surface area (Å²) in [5, 5.41) is 3.96. The Morgan fingerprint density at radius 3 is 3.08 bits per heavy atom.